The molecule has 1 amide bonds. The molecular formula is C19H18Br2N2O3. The molecule has 0 aromatic heterocycles. The SMILES string of the molecule is C=CCOc1c(Br)cc(/C=N\NC(=O)c2ccc(C)cc2OC)cc1Br. The Balaban J connectivity index is 2.11. The van der Waals surface area contributed by atoms with Gasteiger partial charge in [0.25, 0.3) is 5.91 Å². The van der Waals surface area contributed by atoms with Gasteiger partial charge < -0.3 is 9.47 Å². The molecule has 136 valence electrons. The lowest BCUT2D eigenvalue weighted by Crippen LogP contribution is -2.18. The molecule has 0 saturated carbocycles. The number of carbonyl (C=O) groups is 1. The summed E-state index contributed by atoms with van der Waals surface area (Å²) in [6.07, 6.45) is 3.22. The average molecular weight is 482 g/mol. The minimum atomic E-state index is -0.345. The molecular weight excluding hydrogens is 464 g/mol. The van der Waals surface area contributed by atoms with E-state index in [0.29, 0.717) is 23.7 Å². The van der Waals surface area contributed by atoms with Crippen LogP contribution in [-0.4, -0.2) is 25.8 Å². The van der Waals surface area contributed by atoms with Crippen molar-refractivity contribution in [1.29, 1.82) is 0 Å². The van der Waals surface area contributed by atoms with Crippen LogP contribution in [0.4, 0.5) is 0 Å². The van der Waals surface area contributed by atoms with Crippen molar-refractivity contribution in [3.63, 3.8) is 0 Å². The van der Waals surface area contributed by atoms with Gasteiger partial charge in [-0.25, -0.2) is 5.43 Å². The maximum atomic E-state index is 12.3. The largest absolute Gasteiger partial charge is 0.496 e. The molecule has 0 aliphatic carbocycles. The lowest BCUT2D eigenvalue weighted by molar-refractivity contribution is 0.0952. The molecule has 0 heterocycles. The van der Waals surface area contributed by atoms with E-state index in [4.69, 9.17) is 9.47 Å². The molecule has 7 heteroatoms. The Kier molecular flexibility index (Phi) is 7.41. The van der Waals surface area contributed by atoms with Gasteiger partial charge in [-0.1, -0.05) is 18.7 Å². The number of carbonyl (C=O) groups excluding carboxylic acids is 1. The summed E-state index contributed by atoms with van der Waals surface area (Å²) in [5.74, 6) is 0.838. The van der Waals surface area contributed by atoms with Crippen molar-refractivity contribution < 1.29 is 14.3 Å². The van der Waals surface area contributed by atoms with Crippen LogP contribution in [0.2, 0.25) is 0 Å². The van der Waals surface area contributed by atoms with Gasteiger partial charge in [0, 0.05) is 0 Å². The highest BCUT2D eigenvalue weighted by Crippen LogP contribution is 2.34. The third-order valence-corrected chi connectivity index (χ3v) is 4.53. The molecule has 0 saturated heterocycles. The van der Waals surface area contributed by atoms with Crippen molar-refractivity contribution in [3.8, 4) is 11.5 Å². The Bertz CT molecular complexity index is 828. The molecule has 1 N–H and O–H groups in total. The van der Waals surface area contributed by atoms with Gasteiger partial charge in [-0.15, -0.1) is 0 Å². The Morgan fingerprint density at radius 2 is 1.96 bits per heavy atom. The second kappa shape index (κ2) is 9.54. The third-order valence-electron chi connectivity index (χ3n) is 3.35. The highest BCUT2D eigenvalue weighted by molar-refractivity contribution is 9.11. The van der Waals surface area contributed by atoms with Crippen LogP contribution in [0.3, 0.4) is 0 Å². The summed E-state index contributed by atoms with van der Waals surface area (Å²) in [6.45, 7) is 5.96. The minimum Gasteiger partial charge on any atom is -0.496 e. The maximum Gasteiger partial charge on any atom is 0.275 e. The molecule has 0 radical (unpaired) electrons. The number of hydrogen-bond acceptors (Lipinski definition) is 4. The number of rotatable bonds is 7. The molecule has 2 rings (SSSR count). The highest BCUT2D eigenvalue weighted by atomic mass is 79.9. The number of hydrogen-bond donors (Lipinski definition) is 1. The molecule has 0 unspecified atom stereocenters. The van der Waals surface area contributed by atoms with Crippen molar-refractivity contribution in [2.24, 2.45) is 5.10 Å². The topological polar surface area (TPSA) is 59.9 Å². The van der Waals surface area contributed by atoms with Crippen LogP contribution in [-0.2, 0) is 0 Å². The number of amides is 1. The van der Waals surface area contributed by atoms with Crippen LogP contribution in [0.25, 0.3) is 0 Å². The molecule has 0 aliphatic heterocycles. The van der Waals surface area contributed by atoms with Gasteiger partial charge >= 0.3 is 0 Å². The fourth-order valence-corrected chi connectivity index (χ4v) is 3.60. The van der Waals surface area contributed by atoms with Gasteiger partial charge in [0.1, 0.15) is 18.1 Å². The number of nitrogens with zero attached hydrogens (tertiary/aromatic N) is 1. The monoisotopic (exact) mass is 480 g/mol. The quantitative estimate of drug-likeness (QED) is 0.349. The molecule has 0 aliphatic rings. The summed E-state index contributed by atoms with van der Waals surface area (Å²) < 4.78 is 12.3. The van der Waals surface area contributed by atoms with Gasteiger partial charge in [-0.3, -0.25) is 4.79 Å². The summed E-state index contributed by atoms with van der Waals surface area (Å²) >= 11 is 6.91. The van der Waals surface area contributed by atoms with Crippen molar-refractivity contribution >= 4 is 44.0 Å². The highest BCUT2D eigenvalue weighted by Gasteiger charge is 2.12. The summed E-state index contributed by atoms with van der Waals surface area (Å²) in [5.41, 5.74) is 4.72. The minimum absolute atomic E-state index is 0.345. The lowest BCUT2D eigenvalue weighted by atomic mass is 10.1. The maximum absolute atomic E-state index is 12.3. The van der Waals surface area contributed by atoms with Crippen molar-refractivity contribution in [2.75, 3.05) is 13.7 Å². The van der Waals surface area contributed by atoms with Gasteiger partial charge in [0.2, 0.25) is 0 Å². The van der Waals surface area contributed by atoms with Gasteiger partial charge in [0.15, 0.2) is 0 Å². The van der Waals surface area contributed by atoms with E-state index in [1.807, 2.05) is 25.1 Å². The Morgan fingerprint density at radius 3 is 2.58 bits per heavy atom. The van der Waals surface area contributed by atoms with E-state index in [0.717, 1.165) is 20.1 Å². The summed E-state index contributed by atoms with van der Waals surface area (Å²) in [7, 11) is 1.53. The van der Waals surface area contributed by atoms with Crippen molar-refractivity contribution in [1.82, 2.24) is 5.43 Å². The first kappa shape index (κ1) is 20.2. The van der Waals surface area contributed by atoms with Crippen LogP contribution in [0, 0.1) is 6.92 Å². The molecule has 2 aromatic rings. The van der Waals surface area contributed by atoms with Crippen molar-refractivity contribution in [2.45, 2.75) is 6.92 Å². The predicted octanol–water partition coefficient (Wildman–Crippen LogP) is 4.86. The summed E-state index contributed by atoms with van der Waals surface area (Å²) in [6, 6.07) is 9.03. The molecule has 0 fully saturated rings. The first-order valence-electron chi connectivity index (χ1n) is 7.67. The normalized spacial score (nSPS) is 10.6. The molecule has 5 nitrogen and oxygen atoms in total. The summed E-state index contributed by atoms with van der Waals surface area (Å²) in [4.78, 5) is 12.3. The zero-order valence-corrected chi connectivity index (χ0v) is 17.6. The van der Waals surface area contributed by atoms with E-state index >= 15 is 0 Å². The second-order valence-electron chi connectivity index (χ2n) is 5.32. The van der Waals surface area contributed by atoms with E-state index in [2.05, 4.69) is 49.0 Å². The zero-order valence-electron chi connectivity index (χ0n) is 14.4. The van der Waals surface area contributed by atoms with Crippen molar-refractivity contribution in [3.05, 3.63) is 68.6 Å². The van der Waals surface area contributed by atoms with E-state index in [1.54, 1.807) is 24.4 Å². The standard InChI is InChI=1S/C19H18Br2N2O3/c1-4-7-26-18-15(20)9-13(10-16(18)21)11-22-23-19(24)14-6-5-12(2)8-17(14)25-3/h4-6,8-11H,1,7H2,2-3H3,(H,23,24)/b22-11-. The number of ether oxygens (including phenoxy) is 2. The molecule has 0 spiro atoms. The van der Waals surface area contributed by atoms with E-state index in [-0.39, 0.29) is 5.91 Å². The number of hydrazone groups is 1. The van der Waals surface area contributed by atoms with E-state index in [9.17, 15) is 4.79 Å². The van der Waals surface area contributed by atoms with Crippen LogP contribution in [0.15, 0.2) is 57.0 Å². The number of nitrogens with one attached hydrogen (secondary N) is 1. The van der Waals surface area contributed by atoms with E-state index in [1.165, 1.54) is 7.11 Å². The molecule has 0 bridgehead atoms. The Morgan fingerprint density at radius 1 is 1.27 bits per heavy atom. The Labute approximate surface area is 169 Å². The fourth-order valence-electron chi connectivity index (χ4n) is 2.15. The lowest BCUT2D eigenvalue weighted by Gasteiger charge is -2.09. The van der Waals surface area contributed by atoms with Gasteiger partial charge in [-0.2, -0.15) is 5.10 Å². The van der Waals surface area contributed by atoms with Crippen LogP contribution < -0.4 is 14.9 Å². The zero-order chi connectivity index (χ0) is 19.1. The van der Waals surface area contributed by atoms with Crippen LogP contribution >= 0.6 is 31.9 Å². The number of halogens is 2. The van der Waals surface area contributed by atoms with Crippen LogP contribution in [0.5, 0.6) is 11.5 Å². The fraction of sp³-hybridized carbons (Fsp3) is 0.158. The van der Waals surface area contributed by atoms with Gasteiger partial charge in [0.05, 0.1) is 27.8 Å². The predicted molar refractivity (Wildman–Crippen MR) is 110 cm³/mol. The second-order valence-corrected chi connectivity index (χ2v) is 7.02. The first-order valence-corrected chi connectivity index (χ1v) is 9.25. The molecule has 2 aromatic carbocycles. The van der Waals surface area contributed by atoms with Gasteiger partial charge in [-0.05, 0) is 74.2 Å². The number of benzene rings is 2. The number of methoxy groups -OCH3 is 1. The van der Waals surface area contributed by atoms with E-state index < -0.39 is 0 Å². The smallest absolute Gasteiger partial charge is 0.275 e. The molecule has 26 heavy (non-hydrogen) atoms. The first-order chi connectivity index (χ1) is 12.5. The molecule has 0 atom stereocenters. The third kappa shape index (κ3) is 5.19. The Hall–Kier alpha value is -2.12. The average Bonchev–Trinajstić information content (AvgIpc) is 2.60. The number of aryl methyl sites for hydroxylation is 1. The van der Waals surface area contributed by atoms with Crippen LogP contribution in [0.1, 0.15) is 21.5 Å². The summed E-state index contributed by atoms with van der Waals surface area (Å²) in [5, 5.41) is 4.01.